The topological polar surface area (TPSA) is 21.3 Å². The van der Waals surface area contributed by atoms with E-state index in [9.17, 15) is 0 Å². The highest BCUT2D eigenvalue weighted by molar-refractivity contribution is 5.33. The first-order valence-electron chi connectivity index (χ1n) is 6.37. The van der Waals surface area contributed by atoms with Gasteiger partial charge in [0, 0.05) is 0 Å². The van der Waals surface area contributed by atoms with E-state index in [0.29, 0.717) is 12.2 Å². The predicted octanol–water partition coefficient (Wildman–Crippen LogP) is 2.44. The Kier molecular flexibility index (Phi) is 2.94. The Morgan fingerprint density at radius 2 is 1.88 bits per heavy atom. The van der Waals surface area contributed by atoms with Crippen molar-refractivity contribution < 1.29 is 4.74 Å². The standard InChI is InChI=1S/C14H19NO/c1-2-4-13-11(3-1)5-6-14(13)16-12-7-9-15-10-8-12/h1-4,12,14-15H,5-10H2/t14-/m1/s1. The van der Waals surface area contributed by atoms with Crippen LogP contribution in [0.5, 0.6) is 0 Å². The summed E-state index contributed by atoms with van der Waals surface area (Å²) >= 11 is 0. The van der Waals surface area contributed by atoms with E-state index in [1.807, 2.05) is 0 Å². The number of fused-ring (bicyclic) bond motifs is 1. The zero-order valence-electron chi connectivity index (χ0n) is 9.61. The van der Waals surface area contributed by atoms with Crippen LogP contribution in [-0.4, -0.2) is 19.2 Å². The maximum absolute atomic E-state index is 6.24. The fourth-order valence-electron chi connectivity index (χ4n) is 2.82. The SMILES string of the molecule is c1ccc2c(c1)CC[C@H]2OC1CCNCC1. The minimum absolute atomic E-state index is 0.360. The molecule has 0 radical (unpaired) electrons. The minimum atomic E-state index is 0.360. The van der Waals surface area contributed by atoms with E-state index in [1.165, 1.54) is 36.8 Å². The normalized spacial score (nSPS) is 25.6. The Bertz CT molecular complexity index is 358. The van der Waals surface area contributed by atoms with Gasteiger partial charge in [-0.2, -0.15) is 0 Å². The molecule has 0 unspecified atom stereocenters. The fourth-order valence-corrected chi connectivity index (χ4v) is 2.82. The van der Waals surface area contributed by atoms with Crippen LogP contribution in [0.2, 0.25) is 0 Å². The van der Waals surface area contributed by atoms with E-state index in [-0.39, 0.29) is 0 Å². The van der Waals surface area contributed by atoms with Crippen molar-refractivity contribution in [3.05, 3.63) is 35.4 Å². The molecule has 3 rings (SSSR count). The highest BCUT2D eigenvalue weighted by atomic mass is 16.5. The molecule has 1 aliphatic heterocycles. The molecule has 0 bridgehead atoms. The summed E-state index contributed by atoms with van der Waals surface area (Å²) in [5, 5.41) is 3.38. The summed E-state index contributed by atoms with van der Waals surface area (Å²) in [6.07, 6.45) is 5.52. The van der Waals surface area contributed by atoms with E-state index in [2.05, 4.69) is 29.6 Å². The zero-order valence-corrected chi connectivity index (χ0v) is 9.61. The molecule has 1 saturated heterocycles. The molecule has 2 nitrogen and oxygen atoms in total. The Morgan fingerprint density at radius 1 is 1.06 bits per heavy atom. The molecule has 2 heteroatoms. The van der Waals surface area contributed by atoms with Gasteiger partial charge in [-0.25, -0.2) is 0 Å². The number of nitrogens with one attached hydrogen (secondary N) is 1. The van der Waals surface area contributed by atoms with E-state index in [1.54, 1.807) is 0 Å². The Labute approximate surface area is 97.0 Å². The van der Waals surface area contributed by atoms with Crippen molar-refractivity contribution in [3.63, 3.8) is 0 Å². The molecule has 1 N–H and O–H groups in total. The van der Waals surface area contributed by atoms with Gasteiger partial charge in [0.1, 0.15) is 0 Å². The van der Waals surface area contributed by atoms with Crippen molar-refractivity contribution in [1.29, 1.82) is 0 Å². The second kappa shape index (κ2) is 4.56. The van der Waals surface area contributed by atoms with Gasteiger partial charge in [0.15, 0.2) is 0 Å². The smallest absolute Gasteiger partial charge is 0.0834 e. The largest absolute Gasteiger partial charge is 0.370 e. The van der Waals surface area contributed by atoms with Gasteiger partial charge in [-0.3, -0.25) is 0 Å². The van der Waals surface area contributed by atoms with Crippen LogP contribution in [0, 0.1) is 0 Å². The fraction of sp³-hybridized carbons (Fsp3) is 0.571. The molecule has 0 amide bonds. The van der Waals surface area contributed by atoms with Crippen LogP contribution in [-0.2, 0) is 11.2 Å². The summed E-state index contributed by atoms with van der Waals surface area (Å²) in [5.74, 6) is 0. The molecule has 1 heterocycles. The highest BCUT2D eigenvalue weighted by Crippen LogP contribution is 2.35. The number of hydrogen-bond donors (Lipinski definition) is 1. The van der Waals surface area contributed by atoms with Gasteiger partial charge >= 0.3 is 0 Å². The summed E-state index contributed by atoms with van der Waals surface area (Å²) < 4.78 is 6.24. The molecule has 0 saturated carbocycles. The molecule has 1 fully saturated rings. The van der Waals surface area contributed by atoms with Crippen molar-refractivity contribution in [2.75, 3.05) is 13.1 Å². The van der Waals surface area contributed by atoms with Gasteiger partial charge in [0.25, 0.3) is 0 Å². The van der Waals surface area contributed by atoms with Crippen LogP contribution in [0.15, 0.2) is 24.3 Å². The lowest BCUT2D eigenvalue weighted by atomic mass is 10.1. The summed E-state index contributed by atoms with van der Waals surface area (Å²) in [4.78, 5) is 0. The van der Waals surface area contributed by atoms with Crippen LogP contribution in [0.25, 0.3) is 0 Å². The van der Waals surface area contributed by atoms with Gasteiger partial charge in [-0.1, -0.05) is 24.3 Å². The molecule has 1 aromatic rings. The maximum Gasteiger partial charge on any atom is 0.0834 e. The Morgan fingerprint density at radius 3 is 2.75 bits per heavy atom. The molecular formula is C14H19NO. The third-order valence-corrected chi connectivity index (χ3v) is 3.72. The van der Waals surface area contributed by atoms with E-state index in [0.717, 1.165) is 13.1 Å². The second-order valence-corrected chi connectivity index (χ2v) is 4.81. The molecule has 1 aliphatic carbocycles. The minimum Gasteiger partial charge on any atom is -0.370 e. The van der Waals surface area contributed by atoms with Gasteiger partial charge in [-0.15, -0.1) is 0 Å². The van der Waals surface area contributed by atoms with Crippen molar-refractivity contribution in [3.8, 4) is 0 Å². The molecule has 1 aromatic carbocycles. The first-order valence-corrected chi connectivity index (χ1v) is 6.37. The third kappa shape index (κ3) is 2.00. The first kappa shape index (κ1) is 10.3. The lowest BCUT2D eigenvalue weighted by Gasteiger charge is -2.26. The molecule has 1 atom stereocenters. The predicted molar refractivity (Wildman–Crippen MR) is 64.5 cm³/mol. The van der Waals surface area contributed by atoms with Crippen molar-refractivity contribution in [1.82, 2.24) is 5.32 Å². The van der Waals surface area contributed by atoms with Gasteiger partial charge in [-0.05, 0) is 49.9 Å². The van der Waals surface area contributed by atoms with E-state index < -0.39 is 0 Å². The Hall–Kier alpha value is -0.860. The lowest BCUT2D eigenvalue weighted by Crippen LogP contribution is -2.33. The molecule has 0 aromatic heterocycles. The number of benzene rings is 1. The molecule has 86 valence electrons. The highest BCUT2D eigenvalue weighted by Gasteiger charge is 2.26. The summed E-state index contributed by atoms with van der Waals surface area (Å²) in [6.45, 7) is 2.22. The number of aryl methyl sites for hydroxylation is 1. The number of hydrogen-bond acceptors (Lipinski definition) is 2. The van der Waals surface area contributed by atoms with E-state index in [4.69, 9.17) is 4.74 Å². The molecule has 2 aliphatic rings. The lowest BCUT2D eigenvalue weighted by molar-refractivity contribution is -0.0268. The molecule has 0 spiro atoms. The summed E-state index contributed by atoms with van der Waals surface area (Å²) in [7, 11) is 0. The summed E-state index contributed by atoms with van der Waals surface area (Å²) in [6, 6.07) is 8.73. The van der Waals surface area contributed by atoms with Gasteiger partial charge in [0.2, 0.25) is 0 Å². The Balaban J connectivity index is 1.68. The van der Waals surface area contributed by atoms with Crippen LogP contribution in [0.3, 0.4) is 0 Å². The number of ether oxygens (including phenoxy) is 1. The van der Waals surface area contributed by atoms with Crippen LogP contribution < -0.4 is 5.32 Å². The first-order chi connectivity index (χ1) is 7.93. The third-order valence-electron chi connectivity index (χ3n) is 3.72. The number of piperidine rings is 1. The van der Waals surface area contributed by atoms with Crippen LogP contribution in [0.4, 0.5) is 0 Å². The van der Waals surface area contributed by atoms with Crippen molar-refractivity contribution >= 4 is 0 Å². The summed E-state index contributed by atoms with van der Waals surface area (Å²) in [5.41, 5.74) is 2.92. The molecule has 16 heavy (non-hydrogen) atoms. The zero-order chi connectivity index (χ0) is 10.8. The van der Waals surface area contributed by atoms with Gasteiger partial charge in [0.05, 0.1) is 12.2 Å². The average Bonchev–Trinajstić information content (AvgIpc) is 2.74. The quantitative estimate of drug-likeness (QED) is 0.821. The van der Waals surface area contributed by atoms with Gasteiger partial charge < -0.3 is 10.1 Å². The van der Waals surface area contributed by atoms with Crippen LogP contribution in [0.1, 0.15) is 36.5 Å². The van der Waals surface area contributed by atoms with Crippen molar-refractivity contribution in [2.45, 2.75) is 37.9 Å². The number of rotatable bonds is 2. The monoisotopic (exact) mass is 217 g/mol. The van der Waals surface area contributed by atoms with E-state index >= 15 is 0 Å². The van der Waals surface area contributed by atoms with Crippen molar-refractivity contribution in [2.24, 2.45) is 0 Å². The maximum atomic E-state index is 6.24. The van der Waals surface area contributed by atoms with Crippen LogP contribution >= 0.6 is 0 Å². The second-order valence-electron chi connectivity index (χ2n) is 4.81. The molecular weight excluding hydrogens is 198 g/mol. The average molecular weight is 217 g/mol.